The van der Waals surface area contributed by atoms with E-state index in [2.05, 4.69) is 32.9 Å². The second-order valence-corrected chi connectivity index (χ2v) is 18.9. The summed E-state index contributed by atoms with van der Waals surface area (Å²) in [5.41, 5.74) is 5.43. The normalized spacial score (nSPS) is 47.6. The number of hydrogen-bond acceptors (Lipinski definition) is 11. The second-order valence-electron chi connectivity index (χ2n) is 18.9. The lowest BCUT2D eigenvalue weighted by molar-refractivity contribution is -0.242. The summed E-state index contributed by atoms with van der Waals surface area (Å²) in [5.74, 6) is 0.392. The minimum absolute atomic E-state index is 0.0135. The predicted octanol–water partition coefficient (Wildman–Crippen LogP) is 4.07. The Morgan fingerprint density at radius 1 is 1.12 bits per heavy atom. The van der Waals surface area contributed by atoms with Gasteiger partial charge in [0.1, 0.15) is 0 Å². The van der Waals surface area contributed by atoms with Gasteiger partial charge in [0.2, 0.25) is 5.76 Å². The number of nitrogens with two attached hydrogens (primary N) is 1. The molecule has 14 atom stereocenters. The number of nitrogens with zero attached hydrogens (tertiary/aromatic N) is 2. The zero-order valence-corrected chi connectivity index (χ0v) is 31.4. The molecule has 1 aromatic rings. The van der Waals surface area contributed by atoms with E-state index in [0.29, 0.717) is 32.0 Å². The van der Waals surface area contributed by atoms with Gasteiger partial charge < -0.3 is 44.3 Å². The molecule has 5 saturated carbocycles. The number of aromatic nitrogens is 1. The number of amides is 1. The van der Waals surface area contributed by atoms with Gasteiger partial charge in [0.25, 0.3) is 5.91 Å². The van der Waals surface area contributed by atoms with E-state index in [1.54, 1.807) is 24.8 Å². The van der Waals surface area contributed by atoms with Gasteiger partial charge in [-0.3, -0.25) is 9.59 Å². The highest BCUT2D eigenvalue weighted by atomic mass is 16.7. The van der Waals surface area contributed by atoms with Gasteiger partial charge in [-0.2, -0.15) is 0 Å². The van der Waals surface area contributed by atoms with Crippen molar-refractivity contribution in [2.75, 3.05) is 19.7 Å². The Labute approximate surface area is 301 Å². The van der Waals surface area contributed by atoms with Crippen LogP contribution >= 0.6 is 0 Å². The van der Waals surface area contributed by atoms with Crippen molar-refractivity contribution in [3.8, 4) is 0 Å². The molecule has 0 aromatic carbocycles. The molecule has 0 bridgehead atoms. The summed E-state index contributed by atoms with van der Waals surface area (Å²) in [6.45, 7) is 15.1. The number of hydrogen-bond donors (Lipinski definition) is 3. The SMILES string of the molecule is CC(=O)O[C@@H](C1C[C@@H](C)[C@H]2C(O1)[C@H](O)[C@@]1(N)C3CC[C@H]4C(C)(C)[C@@H](O[C@H]5CN(C(=O)c6ccno6)CCO5)CCC45CC35CCC21C)C(C)(C)O. The van der Waals surface area contributed by atoms with E-state index in [9.17, 15) is 19.8 Å². The van der Waals surface area contributed by atoms with E-state index in [1.807, 2.05) is 0 Å². The van der Waals surface area contributed by atoms with Gasteiger partial charge >= 0.3 is 5.97 Å². The van der Waals surface area contributed by atoms with Gasteiger partial charge in [0, 0.05) is 19.5 Å². The van der Waals surface area contributed by atoms with Crippen molar-refractivity contribution in [1.29, 1.82) is 0 Å². The molecule has 284 valence electrons. The third-order valence-corrected chi connectivity index (χ3v) is 15.9. The van der Waals surface area contributed by atoms with Crippen LogP contribution in [-0.4, -0.2) is 99.8 Å². The molecular formula is C39H59N3O9. The van der Waals surface area contributed by atoms with Crippen LogP contribution in [0.5, 0.6) is 0 Å². The number of rotatable bonds is 6. The standard InChI is InChI=1S/C39H59N3O9/c1-21-18-24(32(35(5,6)46)48-22(2)43)49-30-29(21)36(7)13-14-38-20-37(38)12-10-27(34(3,4)25(37)8-9-26(38)39(36,40)31(30)44)50-28-19-42(16-17-47-28)33(45)23-11-15-41-51-23/h11,15,21,24-32,44,46H,8-10,12-14,16-20,40H2,1-7H3/t21-,24?,25+,26?,27+,28+,29+,30?,31+,32+,36?,37?,38?,39+/m1/s1. The molecule has 2 spiro atoms. The zero-order valence-electron chi connectivity index (χ0n) is 31.4. The van der Waals surface area contributed by atoms with Crippen LogP contribution in [0.1, 0.15) is 110 Å². The van der Waals surface area contributed by atoms with Crippen LogP contribution in [0.25, 0.3) is 0 Å². The Morgan fingerprint density at radius 2 is 1.84 bits per heavy atom. The molecule has 4 N–H and O–H groups in total. The first-order chi connectivity index (χ1) is 23.9. The number of aliphatic hydroxyl groups excluding tert-OH is 1. The Hall–Kier alpha value is -2.09. The Morgan fingerprint density at radius 3 is 2.53 bits per heavy atom. The summed E-state index contributed by atoms with van der Waals surface area (Å²) in [4.78, 5) is 26.8. The molecular weight excluding hydrogens is 654 g/mol. The fourth-order valence-electron chi connectivity index (χ4n) is 13.8. The van der Waals surface area contributed by atoms with Gasteiger partial charge in [-0.1, -0.05) is 32.9 Å². The van der Waals surface area contributed by atoms with Gasteiger partial charge in [-0.25, -0.2) is 0 Å². The Kier molecular flexibility index (Phi) is 8.24. The molecule has 7 fully saturated rings. The maximum Gasteiger partial charge on any atom is 0.303 e. The van der Waals surface area contributed by atoms with Crippen molar-refractivity contribution in [2.45, 2.75) is 148 Å². The highest BCUT2D eigenvalue weighted by molar-refractivity contribution is 5.91. The summed E-state index contributed by atoms with van der Waals surface area (Å²) < 4.78 is 30.4. The molecule has 1 amide bonds. The maximum absolute atomic E-state index is 13.0. The van der Waals surface area contributed by atoms with Gasteiger partial charge in [-0.15, -0.1) is 0 Å². The number of aliphatic hydroxyl groups is 2. The van der Waals surface area contributed by atoms with E-state index >= 15 is 0 Å². The van der Waals surface area contributed by atoms with Crippen molar-refractivity contribution in [3.63, 3.8) is 0 Å². The van der Waals surface area contributed by atoms with E-state index in [0.717, 1.165) is 44.9 Å². The molecule has 7 aliphatic rings. The molecule has 3 heterocycles. The summed E-state index contributed by atoms with van der Waals surface area (Å²) in [6.07, 6.45) is 5.93. The van der Waals surface area contributed by atoms with Crippen molar-refractivity contribution in [1.82, 2.24) is 10.1 Å². The molecule has 12 heteroatoms. The smallest absolute Gasteiger partial charge is 0.303 e. The summed E-state index contributed by atoms with van der Waals surface area (Å²) in [7, 11) is 0. The number of carbonyl (C=O) groups is 2. The minimum atomic E-state index is -1.31. The molecule has 2 saturated heterocycles. The molecule has 1 aromatic heterocycles. The number of carbonyl (C=O) groups excluding carboxylic acids is 2. The van der Waals surface area contributed by atoms with E-state index in [1.165, 1.54) is 13.1 Å². The average molecular weight is 714 g/mol. The van der Waals surface area contributed by atoms with Crippen LogP contribution in [0, 0.1) is 45.3 Å². The molecule has 12 nitrogen and oxygen atoms in total. The molecule has 5 aliphatic carbocycles. The lowest BCUT2D eigenvalue weighted by Crippen LogP contribution is -2.70. The summed E-state index contributed by atoms with van der Waals surface area (Å²) in [6, 6.07) is 1.58. The highest BCUT2D eigenvalue weighted by Crippen LogP contribution is 2.87. The van der Waals surface area contributed by atoms with Crippen molar-refractivity contribution in [2.24, 2.45) is 51.1 Å². The molecule has 8 rings (SSSR count). The fraction of sp³-hybridized carbons (Fsp3) is 0.872. The summed E-state index contributed by atoms with van der Waals surface area (Å²) in [5, 5.41) is 27.2. The first kappa shape index (κ1) is 35.9. The summed E-state index contributed by atoms with van der Waals surface area (Å²) >= 11 is 0. The Bertz CT molecular complexity index is 1530. The minimum Gasteiger partial charge on any atom is -0.457 e. The van der Waals surface area contributed by atoms with Crippen LogP contribution in [0.15, 0.2) is 16.8 Å². The lowest BCUT2D eigenvalue weighted by atomic mass is 9.43. The van der Waals surface area contributed by atoms with Crippen molar-refractivity contribution in [3.05, 3.63) is 18.0 Å². The van der Waals surface area contributed by atoms with E-state index in [4.69, 9.17) is 29.2 Å². The first-order valence-corrected chi connectivity index (χ1v) is 19.4. The second kappa shape index (κ2) is 11.7. The largest absolute Gasteiger partial charge is 0.457 e. The van der Waals surface area contributed by atoms with Crippen molar-refractivity contribution < 1.29 is 43.3 Å². The van der Waals surface area contributed by atoms with E-state index in [-0.39, 0.29) is 57.2 Å². The lowest BCUT2D eigenvalue weighted by Gasteiger charge is -2.63. The quantitative estimate of drug-likeness (QED) is 0.364. The van der Waals surface area contributed by atoms with E-state index < -0.39 is 47.8 Å². The van der Waals surface area contributed by atoms with Crippen LogP contribution < -0.4 is 5.73 Å². The topological polar surface area (TPSA) is 167 Å². The van der Waals surface area contributed by atoms with Crippen LogP contribution in [0.4, 0.5) is 0 Å². The highest BCUT2D eigenvalue weighted by Gasteiger charge is 2.85. The third kappa shape index (κ3) is 4.94. The van der Waals surface area contributed by atoms with Crippen LogP contribution in [-0.2, 0) is 23.7 Å². The molecule has 6 unspecified atom stereocenters. The predicted molar refractivity (Wildman–Crippen MR) is 184 cm³/mol. The molecule has 2 aliphatic heterocycles. The Balaban J connectivity index is 1.01. The molecule has 0 radical (unpaired) electrons. The first-order valence-electron chi connectivity index (χ1n) is 19.4. The third-order valence-electron chi connectivity index (χ3n) is 15.9. The van der Waals surface area contributed by atoms with Crippen molar-refractivity contribution >= 4 is 11.9 Å². The van der Waals surface area contributed by atoms with Crippen LogP contribution in [0.2, 0.25) is 0 Å². The average Bonchev–Trinajstić information content (AvgIpc) is 3.32. The number of fused-ring (bicyclic) bond motifs is 4. The maximum atomic E-state index is 13.0. The monoisotopic (exact) mass is 713 g/mol. The number of morpholine rings is 1. The number of esters is 1. The van der Waals surface area contributed by atoms with Gasteiger partial charge in [0.15, 0.2) is 12.4 Å². The van der Waals surface area contributed by atoms with Gasteiger partial charge in [-0.05, 0) is 111 Å². The number of ether oxygens (including phenoxy) is 4. The van der Waals surface area contributed by atoms with Gasteiger partial charge in [0.05, 0.1) is 54.9 Å². The fourth-order valence-corrected chi connectivity index (χ4v) is 13.8. The molecule has 51 heavy (non-hydrogen) atoms. The zero-order chi connectivity index (χ0) is 36.5. The van der Waals surface area contributed by atoms with Crippen LogP contribution in [0.3, 0.4) is 0 Å².